The number of carbonyl (C=O) groups excluding carboxylic acids is 3. The van der Waals surface area contributed by atoms with E-state index in [0.29, 0.717) is 6.54 Å². The molecule has 4 amide bonds. The molecule has 2 rings (SSSR count). The zero-order valence-electron chi connectivity index (χ0n) is 13.9. The van der Waals surface area contributed by atoms with Crippen molar-refractivity contribution in [1.29, 1.82) is 0 Å². The van der Waals surface area contributed by atoms with E-state index in [1.807, 2.05) is 6.92 Å². The monoisotopic (exact) mass is 338 g/mol. The summed E-state index contributed by atoms with van der Waals surface area (Å²) in [5.74, 6) is -0.588. The van der Waals surface area contributed by atoms with Crippen LogP contribution in [0.25, 0.3) is 0 Å². The van der Waals surface area contributed by atoms with Crippen molar-refractivity contribution in [3.05, 3.63) is 15.6 Å². The molecule has 0 bridgehead atoms. The molecule has 1 saturated heterocycles. The van der Waals surface area contributed by atoms with Gasteiger partial charge in [0.1, 0.15) is 6.04 Å². The normalized spacial score (nSPS) is 18.0. The van der Waals surface area contributed by atoms with Gasteiger partial charge in [0.15, 0.2) is 0 Å². The number of carbonyl (C=O) groups is 3. The standard InChI is InChI=1S/C15H22N4O3S/c1-5-6-13-17-9(2)11(23-13)8-16-12(20)7-10-14(21)19(4)15(22)18(10)3/h10H,5-8H2,1-4H3,(H,16,20). The highest BCUT2D eigenvalue weighted by Crippen LogP contribution is 2.20. The fourth-order valence-electron chi connectivity index (χ4n) is 2.48. The second-order valence-corrected chi connectivity index (χ2v) is 6.82. The molecule has 1 N–H and O–H groups in total. The third-order valence-electron chi connectivity index (χ3n) is 3.90. The van der Waals surface area contributed by atoms with Gasteiger partial charge in [0.25, 0.3) is 5.91 Å². The summed E-state index contributed by atoms with van der Waals surface area (Å²) in [5.41, 5.74) is 0.933. The van der Waals surface area contributed by atoms with Gasteiger partial charge in [-0.3, -0.25) is 14.5 Å². The summed E-state index contributed by atoms with van der Waals surface area (Å²) in [5, 5.41) is 3.89. The second kappa shape index (κ2) is 7.08. The summed E-state index contributed by atoms with van der Waals surface area (Å²) < 4.78 is 0. The molecule has 2 heterocycles. The maximum atomic E-state index is 12.1. The number of imide groups is 1. The van der Waals surface area contributed by atoms with Crippen molar-refractivity contribution >= 4 is 29.2 Å². The van der Waals surface area contributed by atoms with Crippen LogP contribution in [-0.2, 0) is 22.6 Å². The number of aromatic nitrogens is 1. The first-order valence-electron chi connectivity index (χ1n) is 7.61. The first kappa shape index (κ1) is 17.4. The largest absolute Gasteiger partial charge is 0.351 e. The van der Waals surface area contributed by atoms with Gasteiger partial charge in [-0.15, -0.1) is 11.3 Å². The summed E-state index contributed by atoms with van der Waals surface area (Å²) in [4.78, 5) is 43.6. The zero-order chi connectivity index (χ0) is 17.1. The predicted molar refractivity (Wildman–Crippen MR) is 87.0 cm³/mol. The first-order chi connectivity index (χ1) is 10.8. The van der Waals surface area contributed by atoms with Crippen molar-refractivity contribution in [1.82, 2.24) is 20.1 Å². The number of hydrogen-bond donors (Lipinski definition) is 1. The average Bonchev–Trinajstić information content (AvgIpc) is 2.94. The Morgan fingerprint density at radius 3 is 2.61 bits per heavy atom. The van der Waals surface area contributed by atoms with E-state index in [1.165, 1.54) is 19.0 Å². The molecule has 1 aromatic heterocycles. The van der Waals surface area contributed by atoms with Gasteiger partial charge >= 0.3 is 6.03 Å². The lowest BCUT2D eigenvalue weighted by atomic mass is 10.2. The zero-order valence-corrected chi connectivity index (χ0v) is 14.7. The van der Waals surface area contributed by atoms with Crippen LogP contribution >= 0.6 is 11.3 Å². The van der Waals surface area contributed by atoms with Gasteiger partial charge in [0.05, 0.1) is 23.7 Å². The van der Waals surface area contributed by atoms with Gasteiger partial charge in [-0.05, 0) is 19.8 Å². The molecule has 23 heavy (non-hydrogen) atoms. The van der Waals surface area contributed by atoms with Crippen LogP contribution < -0.4 is 5.32 Å². The Labute approximate surface area is 139 Å². The predicted octanol–water partition coefficient (Wildman–Crippen LogP) is 1.30. The van der Waals surface area contributed by atoms with Crippen LogP contribution in [0.2, 0.25) is 0 Å². The average molecular weight is 338 g/mol. The number of rotatable bonds is 6. The van der Waals surface area contributed by atoms with Gasteiger partial charge in [-0.25, -0.2) is 9.78 Å². The Morgan fingerprint density at radius 2 is 2.04 bits per heavy atom. The molecule has 0 saturated carbocycles. The minimum atomic E-state index is -0.717. The summed E-state index contributed by atoms with van der Waals surface area (Å²) in [7, 11) is 2.96. The van der Waals surface area contributed by atoms with Crippen molar-refractivity contribution in [2.45, 2.75) is 45.7 Å². The summed E-state index contributed by atoms with van der Waals surface area (Å²) in [6.07, 6.45) is 1.96. The van der Waals surface area contributed by atoms with Crippen LogP contribution in [0, 0.1) is 6.92 Å². The van der Waals surface area contributed by atoms with Gasteiger partial charge in [-0.2, -0.15) is 0 Å². The van der Waals surface area contributed by atoms with E-state index in [0.717, 1.165) is 33.3 Å². The smallest absolute Gasteiger partial charge is 0.326 e. The van der Waals surface area contributed by atoms with Crippen LogP contribution in [0.4, 0.5) is 4.79 Å². The topological polar surface area (TPSA) is 82.6 Å². The van der Waals surface area contributed by atoms with Crippen LogP contribution in [0.5, 0.6) is 0 Å². The van der Waals surface area contributed by atoms with E-state index in [-0.39, 0.29) is 24.3 Å². The fraction of sp³-hybridized carbons (Fsp3) is 0.600. The van der Waals surface area contributed by atoms with Crippen molar-refractivity contribution in [3.63, 3.8) is 0 Å². The highest BCUT2D eigenvalue weighted by Gasteiger charge is 2.41. The number of aryl methyl sites for hydroxylation is 2. The quantitative estimate of drug-likeness (QED) is 0.793. The van der Waals surface area contributed by atoms with Crippen molar-refractivity contribution in [3.8, 4) is 0 Å². The molecule has 1 aliphatic rings. The molecule has 1 unspecified atom stereocenters. The van der Waals surface area contributed by atoms with Gasteiger partial charge in [0.2, 0.25) is 5.91 Å². The maximum absolute atomic E-state index is 12.1. The van der Waals surface area contributed by atoms with Gasteiger partial charge in [0, 0.05) is 19.0 Å². The molecule has 1 atom stereocenters. The molecule has 0 radical (unpaired) electrons. The molecule has 0 spiro atoms. The number of hydrogen-bond acceptors (Lipinski definition) is 5. The number of urea groups is 1. The highest BCUT2D eigenvalue weighted by atomic mass is 32.1. The minimum Gasteiger partial charge on any atom is -0.351 e. The third-order valence-corrected chi connectivity index (χ3v) is 5.11. The third kappa shape index (κ3) is 3.69. The number of thiazole rings is 1. The Kier molecular flexibility index (Phi) is 5.35. The maximum Gasteiger partial charge on any atom is 0.326 e. The molecule has 7 nitrogen and oxygen atoms in total. The Morgan fingerprint density at radius 1 is 1.35 bits per heavy atom. The van der Waals surface area contributed by atoms with Crippen molar-refractivity contribution in [2.24, 2.45) is 0 Å². The Hall–Kier alpha value is -1.96. The van der Waals surface area contributed by atoms with Crippen molar-refractivity contribution < 1.29 is 14.4 Å². The van der Waals surface area contributed by atoms with Crippen LogP contribution in [0.1, 0.15) is 35.3 Å². The number of likely N-dealkylation sites (N-methyl/N-ethyl adjacent to an activating group) is 2. The van der Waals surface area contributed by atoms with Crippen LogP contribution in [0.15, 0.2) is 0 Å². The Balaban J connectivity index is 1.91. The van der Waals surface area contributed by atoms with Gasteiger partial charge in [-0.1, -0.05) is 6.92 Å². The number of amides is 4. The van der Waals surface area contributed by atoms with Crippen LogP contribution in [0.3, 0.4) is 0 Å². The summed E-state index contributed by atoms with van der Waals surface area (Å²) >= 11 is 1.61. The van der Waals surface area contributed by atoms with E-state index in [1.54, 1.807) is 11.3 Å². The van der Waals surface area contributed by atoms with E-state index in [4.69, 9.17) is 0 Å². The molecule has 1 fully saturated rings. The summed E-state index contributed by atoms with van der Waals surface area (Å²) in [6.45, 7) is 4.44. The molecule has 0 aliphatic carbocycles. The first-order valence-corrected chi connectivity index (χ1v) is 8.43. The minimum absolute atomic E-state index is 0.0227. The Bertz CT molecular complexity index is 628. The molecular formula is C15H22N4O3S. The van der Waals surface area contributed by atoms with E-state index < -0.39 is 6.04 Å². The summed E-state index contributed by atoms with van der Waals surface area (Å²) in [6, 6.07) is -1.10. The van der Waals surface area contributed by atoms with Gasteiger partial charge < -0.3 is 10.2 Å². The highest BCUT2D eigenvalue weighted by molar-refractivity contribution is 7.11. The molecule has 126 valence electrons. The second-order valence-electron chi connectivity index (χ2n) is 5.65. The fourth-order valence-corrected chi connectivity index (χ4v) is 3.59. The molecule has 1 aliphatic heterocycles. The molecule has 1 aromatic rings. The lowest BCUT2D eigenvalue weighted by Gasteiger charge is -2.15. The number of nitrogens with zero attached hydrogens (tertiary/aromatic N) is 3. The molecule has 8 heteroatoms. The number of nitrogens with one attached hydrogen (secondary N) is 1. The SMILES string of the molecule is CCCc1nc(C)c(CNC(=O)CC2C(=O)N(C)C(=O)N2C)s1. The van der Waals surface area contributed by atoms with Crippen LogP contribution in [-0.4, -0.2) is 52.8 Å². The molecular weight excluding hydrogens is 316 g/mol. The molecule has 0 aromatic carbocycles. The lowest BCUT2D eigenvalue weighted by molar-refractivity contribution is -0.131. The van der Waals surface area contributed by atoms with E-state index in [2.05, 4.69) is 17.2 Å². The lowest BCUT2D eigenvalue weighted by Crippen LogP contribution is -2.37. The van der Waals surface area contributed by atoms with Crippen molar-refractivity contribution in [2.75, 3.05) is 14.1 Å². The van der Waals surface area contributed by atoms with E-state index >= 15 is 0 Å². The van der Waals surface area contributed by atoms with E-state index in [9.17, 15) is 14.4 Å².